The normalized spacial score (nSPS) is 16.2. The van der Waals surface area contributed by atoms with Crippen LogP contribution in [-0.2, 0) is 42.7 Å². The van der Waals surface area contributed by atoms with E-state index in [4.69, 9.17) is 52.1 Å². The van der Waals surface area contributed by atoms with Gasteiger partial charge in [-0.1, -0.05) is 37.4 Å². The molecule has 402 valence electrons. The quantitative estimate of drug-likeness (QED) is 0.0153. The van der Waals surface area contributed by atoms with Crippen molar-refractivity contribution in [2.45, 2.75) is 50.1 Å². The highest BCUT2D eigenvalue weighted by Crippen LogP contribution is 2.33. The Morgan fingerprint density at radius 3 is 1.32 bits per heavy atom. The second kappa shape index (κ2) is 26.8. The van der Waals surface area contributed by atoms with Crippen molar-refractivity contribution in [2.75, 3.05) is 38.8 Å². The number of ether oxygens (including phenoxy) is 11. The van der Waals surface area contributed by atoms with Crippen LogP contribution in [0.15, 0.2) is 147 Å². The average Bonchev–Trinajstić information content (AvgIpc) is 4.07. The first-order chi connectivity index (χ1) is 37.8. The lowest BCUT2D eigenvalue weighted by Crippen LogP contribution is -2.36. The molecule has 0 aliphatic carbocycles. The third kappa shape index (κ3) is 15.2. The molecule has 0 spiro atoms. The van der Waals surface area contributed by atoms with Crippen molar-refractivity contribution >= 4 is 80.6 Å². The van der Waals surface area contributed by atoms with E-state index in [0.717, 1.165) is 29.3 Å². The maximum Gasteiger partial charge on any atom is 0.513 e. The fourth-order valence-corrected chi connectivity index (χ4v) is 8.63. The number of esters is 6. The summed E-state index contributed by atoms with van der Waals surface area (Å²) in [5, 5.41) is 2.31. The Labute approximate surface area is 450 Å². The second-order valence-electron chi connectivity index (χ2n) is 17.3. The SMILES string of the molecule is C=CC(=O)OCCCCOC(=O)Oc1ccc2cc(C(=O)Oc3ccc(C(=O)O[C@@H]4COC5C4OC[C@H]5OC(=O)c4ccc(OC(=O)c5ccc6cc(OC(=O)SCCCCOC(=O)C=C)ccc6c5)cc4)cc3)ccc2c1. The van der Waals surface area contributed by atoms with Crippen LogP contribution in [0.5, 0.6) is 23.0 Å². The van der Waals surface area contributed by atoms with Crippen molar-refractivity contribution in [3.05, 3.63) is 169 Å². The first kappa shape index (κ1) is 55.4. The van der Waals surface area contributed by atoms with Crippen LogP contribution >= 0.6 is 11.8 Å². The molecule has 2 saturated heterocycles. The first-order valence-electron chi connectivity index (χ1n) is 24.5. The maximum absolute atomic E-state index is 13.2. The lowest BCUT2D eigenvalue weighted by molar-refractivity contribution is -0.138. The van der Waals surface area contributed by atoms with E-state index in [-0.39, 0.29) is 72.5 Å². The summed E-state index contributed by atoms with van der Waals surface area (Å²) in [6.45, 7) is 7.14. The van der Waals surface area contributed by atoms with Gasteiger partial charge in [0.25, 0.3) is 0 Å². The van der Waals surface area contributed by atoms with E-state index in [0.29, 0.717) is 53.3 Å². The van der Waals surface area contributed by atoms with Gasteiger partial charge in [-0.3, -0.25) is 0 Å². The predicted molar refractivity (Wildman–Crippen MR) is 280 cm³/mol. The standard InChI is InChI=1S/C58H50O19S/c1-3-49(59)67-25-5-6-27-69-57(65)74-45-23-17-37-29-41(11-9-39(37)31-45)55(63)72-43-19-13-35(14-20-43)53(61)76-47-33-70-52-48(34-71-51(47)52)77-54(62)36-15-21-44(22-16-36)73-56(64)42-12-10-40-32-46(24-18-38(40)30-42)75-58(66)78-28-8-7-26-68-50(60)4-2/h3-4,9-24,29-32,47-48,51-52H,1-2,5-8,25-28,33-34H2/t47-,48-,51?,52?/m1/s1. The Hall–Kier alpha value is -8.85. The van der Waals surface area contributed by atoms with Crippen LogP contribution in [0.25, 0.3) is 21.5 Å². The molecule has 8 rings (SSSR count). The Morgan fingerprint density at radius 1 is 0.449 bits per heavy atom. The molecule has 0 amide bonds. The summed E-state index contributed by atoms with van der Waals surface area (Å²) in [4.78, 5) is 99.3. The third-order valence-corrected chi connectivity index (χ3v) is 12.7. The van der Waals surface area contributed by atoms with Gasteiger partial charge in [0, 0.05) is 17.9 Å². The van der Waals surface area contributed by atoms with Gasteiger partial charge in [0.1, 0.15) is 35.2 Å². The number of fused-ring (bicyclic) bond motifs is 3. The molecule has 0 saturated carbocycles. The lowest BCUT2D eigenvalue weighted by atomic mass is 10.1. The number of rotatable bonds is 22. The van der Waals surface area contributed by atoms with Gasteiger partial charge in [-0.15, -0.1) is 0 Å². The summed E-state index contributed by atoms with van der Waals surface area (Å²) < 4.78 is 59.9. The van der Waals surface area contributed by atoms with E-state index < -0.39 is 71.7 Å². The zero-order valence-corrected chi connectivity index (χ0v) is 42.5. The van der Waals surface area contributed by atoms with Crippen molar-refractivity contribution in [1.82, 2.24) is 0 Å². The molecule has 19 nitrogen and oxygen atoms in total. The summed E-state index contributed by atoms with van der Waals surface area (Å²) in [6, 6.07) is 31.3. The first-order valence-corrected chi connectivity index (χ1v) is 25.5. The average molecular weight is 1080 g/mol. The molecule has 6 aromatic carbocycles. The van der Waals surface area contributed by atoms with E-state index in [1.807, 2.05) is 0 Å². The Bertz CT molecular complexity index is 3010. The van der Waals surface area contributed by atoms with Gasteiger partial charge < -0.3 is 52.1 Å². The number of hydrogen-bond donors (Lipinski definition) is 0. The smallest absolute Gasteiger partial charge is 0.463 e. The fourth-order valence-electron chi connectivity index (χ4n) is 7.95. The minimum Gasteiger partial charge on any atom is -0.463 e. The molecule has 4 atom stereocenters. The molecule has 0 radical (unpaired) electrons. The number of hydrogen-bond acceptors (Lipinski definition) is 20. The van der Waals surface area contributed by atoms with Gasteiger partial charge in [-0.05, 0) is 156 Å². The number of carbonyl (C=O) groups excluding carboxylic acids is 8. The molecule has 78 heavy (non-hydrogen) atoms. The van der Waals surface area contributed by atoms with Crippen molar-refractivity contribution in [2.24, 2.45) is 0 Å². The van der Waals surface area contributed by atoms with Gasteiger partial charge in [0.15, 0.2) is 12.2 Å². The minimum absolute atomic E-state index is 0.00818. The van der Waals surface area contributed by atoms with Gasteiger partial charge in [-0.2, -0.15) is 0 Å². The molecule has 20 heteroatoms. The molecule has 0 bridgehead atoms. The topological polar surface area (TPSA) is 238 Å². The molecular formula is C58H50O19S. The van der Waals surface area contributed by atoms with E-state index in [1.54, 1.807) is 72.8 Å². The Morgan fingerprint density at radius 2 is 0.846 bits per heavy atom. The van der Waals surface area contributed by atoms with Crippen molar-refractivity contribution in [1.29, 1.82) is 0 Å². The fraction of sp³-hybridized carbons (Fsp3) is 0.241. The highest BCUT2D eigenvalue weighted by molar-refractivity contribution is 8.13. The molecule has 2 unspecified atom stereocenters. The van der Waals surface area contributed by atoms with E-state index in [1.165, 1.54) is 48.5 Å². The number of thioether (sulfide) groups is 1. The highest BCUT2D eigenvalue weighted by atomic mass is 32.2. The van der Waals surface area contributed by atoms with Crippen LogP contribution in [-0.4, -0.2) is 110 Å². The summed E-state index contributed by atoms with van der Waals surface area (Å²) in [5.41, 5.74) is 0.866. The van der Waals surface area contributed by atoms with Crippen LogP contribution in [0.3, 0.4) is 0 Å². The van der Waals surface area contributed by atoms with Gasteiger partial charge >= 0.3 is 47.3 Å². The molecule has 0 N–H and O–H groups in total. The van der Waals surface area contributed by atoms with Gasteiger partial charge in [-0.25, -0.2) is 38.4 Å². The summed E-state index contributed by atoms with van der Waals surface area (Å²) in [7, 11) is 0. The van der Waals surface area contributed by atoms with Crippen LogP contribution in [0, 0.1) is 0 Å². The number of carbonyl (C=O) groups is 8. The van der Waals surface area contributed by atoms with E-state index in [9.17, 15) is 38.4 Å². The largest absolute Gasteiger partial charge is 0.513 e. The zero-order chi connectivity index (χ0) is 55.0. The molecule has 2 aliphatic heterocycles. The molecule has 6 aromatic rings. The van der Waals surface area contributed by atoms with Gasteiger partial charge in [0.2, 0.25) is 0 Å². The number of benzene rings is 6. The van der Waals surface area contributed by atoms with Crippen molar-refractivity contribution in [3.63, 3.8) is 0 Å². The van der Waals surface area contributed by atoms with E-state index >= 15 is 0 Å². The second-order valence-corrected chi connectivity index (χ2v) is 18.3. The summed E-state index contributed by atoms with van der Waals surface area (Å²) in [6.07, 6.45) is 0.452. The molecule has 2 fully saturated rings. The van der Waals surface area contributed by atoms with Gasteiger partial charge in [0.05, 0.1) is 55.3 Å². The summed E-state index contributed by atoms with van der Waals surface area (Å²) in [5.74, 6) is -2.23. The van der Waals surface area contributed by atoms with Crippen LogP contribution < -0.4 is 18.9 Å². The molecular weight excluding hydrogens is 1030 g/mol. The Balaban J connectivity index is 0.743. The highest BCUT2D eigenvalue weighted by Gasteiger charge is 2.51. The minimum atomic E-state index is -0.892. The van der Waals surface area contributed by atoms with Crippen LogP contribution in [0.4, 0.5) is 9.59 Å². The number of unbranched alkanes of at least 4 members (excludes halogenated alkanes) is 2. The molecule has 2 aliphatic rings. The monoisotopic (exact) mass is 1080 g/mol. The Kier molecular flexibility index (Phi) is 19.0. The molecule has 2 heterocycles. The van der Waals surface area contributed by atoms with Crippen molar-refractivity contribution in [3.8, 4) is 23.0 Å². The third-order valence-electron chi connectivity index (χ3n) is 11.9. The van der Waals surface area contributed by atoms with E-state index in [2.05, 4.69) is 13.2 Å². The van der Waals surface area contributed by atoms with Crippen LogP contribution in [0.2, 0.25) is 0 Å². The van der Waals surface area contributed by atoms with Crippen LogP contribution in [0.1, 0.15) is 67.1 Å². The summed E-state index contributed by atoms with van der Waals surface area (Å²) >= 11 is 1.01. The molecule has 0 aromatic heterocycles. The predicted octanol–water partition coefficient (Wildman–Crippen LogP) is 9.75. The maximum atomic E-state index is 13.2. The zero-order valence-electron chi connectivity index (χ0n) is 41.7. The van der Waals surface area contributed by atoms with Crippen molar-refractivity contribution < 1.29 is 90.5 Å². The lowest BCUT2D eigenvalue weighted by Gasteiger charge is -2.17.